The molecule has 2 aliphatic rings. The summed E-state index contributed by atoms with van der Waals surface area (Å²) in [4.78, 5) is 12.3. The lowest BCUT2D eigenvalue weighted by Crippen LogP contribution is -2.29. The molecule has 4 nitrogen and oxygen atoms in total. The highest BCUT2D eigenvalue weighted by atomic mass is 19.1. The number of hydrogen-bond donors (Lipinski definition) is 0. The lowest BCUT2D eigenvalue weighted by atomic mass is 9.79. The van der Waals surface area contributed by atoms with E-state index in [1.54, 1.807) is 13.2 Å². The number of hydrogen-bond acceptors (Lipinski definition) is 4. The van der Waals surface area contributed by atoms with E-state index in [4.69, 9.17) is 14.2 Å². The number of halogens is 1. The Labute approximate surface area is 151 Å². The number of methoxy groups -OCH3 is 1. The van der Waals surface area contributed by atoms with Gasteiger partial charge in [0.2, 0.25) is 0 Å². The number of fused-ring (bicyclic) bond motifs is 2. The van der Waals surface area contributed by atoms with Crippen molar-refractivity contribution in [3.8, 4) is 11.5 Å². The highest BCUT2D eigenvalue weighted by Crippen LogP contribution is 2.48. The Bertz CT molecular complexity index is 823. The summed E-state index contributed by atoms with van der Waals surface area (Å²) in [5.74, 6) is 0.232. The molecule has 2 aromatic rings. The summed E-state index contributed by atoms with van der Waals surface area (Å²) in [7, 11) is 1.61. The van der Waals surface area contributed by atoms with E-state index in [0.29, 0.717) is 29.7 Å². The molecule has 1 heterocycles. The molecule has 136 valence electrons. The first-order chi connectivity index (χ1) is 12.6. The largest absolute Gasteiger partial charge is 0.497 e. The van der Waals surface area contributed by atoms with Gasteiger partial charge < -0.3 is 14.2 Å². The highest BCUT2D eigenvalue weighted by Gasteiger charge is 2.48. The van der Waals surface area contributed by atoms with Crippen LogP contribution >= 0.6 is 0 Å². The molecule has 1 aliphatic carbocycles. The van der Waals surface area contributed by atoms with E-state index in [0.717, 1.165) is 30.6 Å². The quantitative estimate of drug-likeness (QED) is 0.742. The Balaban J connectivity index is 1.57. The lowest BCUT2D eigenvalue weighted by molar-refractivity contribution is -0.0294. The minimum absolute atomic E-state index is 0.280. The van der Waals surface area contributed by atoms with Gasteiger partial charge in [-0.05, 0) is 49.4 Å². The Morgan fingerprint density at radius 1 is 1.08 bits per heavy atom. The van der Waals surface area contributed by atoms with Gasteiger partial charge in [0.05, 0.1) is 12.7 Å². The normalized spacial score (nSPS) is 17.7. The average Bonchev–Trinajstić information content (AvgIpc) is 2.92. The smallest absolute Gasteiger partial charge is 0.339 e. The van der Waals surface area contributed by atoms with Crippen molar-refractivity contribution in [2.45, 2.75) is 44.3 Å². The molecule has 0 unspecified atom stereocenters. The molecule has 4 rings (SSSR count). The fourth-order valence-electron chi connectivity index (χ4n) is 3.94. The predicted molar refractivity (Wildman–Crippen MR) is 93.9 cm³/mol. The highest BCUT2D eigenvalue weighted by molar-refractivity contribution is 5.95. The minimum Gasteiger partial charge on any atom is -0.497 e. The molecule has 0 radical (unpaired) electrons. The lowest BCUT2D eigenvalue weighted by Gasteiger charge is -2.32. The summed E-state index contributed by atoms with van der Waals surface area (Å²) in [6.07, 6.45) is 4.37. The van der Waals surface area contributed by atoms with Crippen LogP contribution in [0.2, 0.25) is 0 Å². The van der Waals surface area contributed by atoms with Crippen LogP contribution in [0.5, 0.6) is 11.5 Å². The Morgan fingerprint density at radius 2 is 1.81 bits per heavy atom. The van der Waals surface area contributed by atoms with Crippen molar-refractivity contribution < 1.29 is 23.4 Å². The topological polar surface area (TPSA) is 44.8 Å². The summed E-state index contributed by atoms with van der Waals surface area (Å²) in [5.41, 5.74) is 0.872. The molecule has 1 aliphatic heterocycles. The average molecular weight is 356 g/mol. The van der Waals surface area contributed by atoms with Gasteiger partial charge in [-0.3, -0.25) is 0 Å². The molecular formula is C21H21FO4. The van der Waals surface area contributed by atoms with Crippen LogP contribution in [0.4, 0.5) is 4.39 Å². The van der Waals surface area contributed by atoms with Gasteiger partial charge in [0.25, 0.3) is 0 Å². The van der Waals surface area contributed by atoms with Gasteiger partial charge in [-0.2, -0.15) is 0 Å². The summed E-state index contributed by atoms with van der Waals surface area (Å²) in [5, 5.41) is 0. The van der Waals surface area contributed by atoms with Crippen molar-refractivity contribution in [3.05, 3.63) is 58.9 Å². The maximum Gasteiger partial charge on any atom is 0.339 e. The molecule has 0 N–H and O–H groups in total. The summed E-state index contributed by atoms with van der Waals surface area (Å²) < 4.78 is 31.3. The molecule has 0 bridgehead atoms. The number of carbonyl (C=O) groups excluding carboxylic acids is 1. The van der Waals surface area contributed by atoms with Crippen molar-refractivity contribution in [1.29, 1.82) is 0 Å². The van der Waals surface area contributed by atoms with Gasteiger partial charge >= 0.3 is 5.97 Å². The number of esters is 1. The van der Waals surface area contributed by atoms with Gasteiger partial charge in [-0.25, -0.2) is 9.18 Å². The van der Waals surface area contributed by atoms with Crippen LogP contribution in [0.25, 0.3) is 0 Å². The second-order valence-electron chi connectivity index (χ2n) is 6.91. The number of carbonyl (C=O) groups is 1. The second-order valence-corrected chi connectivity index (χ2v) is 6.91. The number of ether oxygens (including phenoxy) is 3. The third-order valence-corrected chi connectivity index (χ3v) is 5.25. The fourth-order valence-corrected chi connectivity index (χ4v) is 3.94. The molecule has 26 heavy (non-hydrogen) atoms. The van der Waals surface area contributed by atoms with Crippen molar-refractivity contribution in [2.24, 2.45) is 0 Å². The molecule has 5 heteroatoms. The zero-order valence-electron chi connectivity index (χ0n) is 14.7. The van der Waals surface area contributed by atoms with E-state index in [1.807, 2.05) is 24.3 Å². The SMILES string of the molecule is COc1ccc(COc2cc(F)c3c(c2)C(=O)OC32CCCCC2)cc1. The van der Waals surface area contributed by atoms with Crippen LogP contribution in [-0.2, 0) is 16.9 Å². The van der Waals surface area contributed by atoms with E-state index in [1.165, 1.54) is 6.07 Å². The van der Waals surface area contributed by atoms with Gasteiger partial charge in [0.1, 0.15) is 29.5 Å². The Morgan fingerprint density at radius 3 is 2.50 bits per heavy atom. The standard InChI is InChI=1S/C21H21FO4/c1-24-15-7-5-14(6-8-15)13-25-16-11-17-19(18(22)12-16)21(26-20(17)23)9-3-2-4-10-21/h5-8,11-12H,2-4,9-10,13H2,1H3. The molecule has 0 amide bonds. The second kappa shape index (κ2) is 6.63. The molecule has 1 saturated carbocycles. The van der Waals surface area contributed by atoms with Crippen molar-refractivity contribution in [3.63, 3.8) is 0 Å². The summed E-state index contributed by atoms with van der Waals surface area (Å²) in [6.45, 7) is 0.280. The van der Waals surface area contributed by atoms with Crippen molar-refractivity contribution in [1.82, 2.24) is 0 Å². The predicted octanol–water partition coefficient (Wildman–Crippen LogP) is 4.74. The monoisotopic (exact) mass is 356 g/mol. The van der Waals surface area contributed by atoms with Crippen LogP contribution < -0.4 is 9.47 Å². The number of benzene rings is 2. The maximum absolute atomic E-state index is 14.8. The van der Waals surface area contributed by atoms with Crippen molar-refractivity contribution in [2.75, 3.05) is 7.11 Å². The van der Waals surface area contributed by atoms with Gasteiger partial charge in [0.15, 0.2) is 0 Å². The molecule has 1 spiro atoms. The van der Waals surface area contributed by atoms with Crippen LogP contribution in [0, 0.1) is 5.82 Å². The van der Waals surface area contributed by atoms with Gasteiger partial charge in [0, 0.05) is 11.6 Å². The third-order valence-electron chi connectivity index (χ3n) is 5.25. The van der Waals surface area contributed by atoms with Crippen LogP contribution in [0.3, 0.4) is 0 Å². The molecule has 0 saturated heterocycles. The first kappa shape index (κ1) is 16.9. The van der Waals surface area contributed by atoms with E-state index in [9.17, 15) is 9.18 Å². The Kier molecular flexibility index (Phi) is 4.31. The van der Waals surface area contributed by atoms with Crippen LogP contribution in [0.15, 0.2) is 36.4 Å². The molecule has 1 fully saturated rings. The molecule has 2 aromatic carbocycles. The third kappa shape index (κ3) is 2.91. The fraction of sp³-hybridized carbons (Fsp3) is 0.381. The summed E-state index contributed by atoms with van der Waals surface area (Å²) >= 11 is 0. The van der Waals surface area contributed by atoms with Gasteiger partial charge in [-0.1, -0.05) is 18.6 Å². The maximum atomic E-state index is 14.8. The Hall–Kier alpha value is -2.56. The molecule has 0 atom stereocenters. The number of rotatable bonds is 4. The van der Waals surface area contributed by atoms with E-state index < -0.39 is 17.4 Å². The van der Waals surface area contributed by atoms with E-state index in [2.05, 4.69) is 0 Å². The zero-order chi connectivity index (χ0) is 18.1. The molecule has 0 aromatic heterocycles. The van der Waals surface area contributed by atoms with Crippen LogP contribution in [-0.4, -0.2) is 13.1 Å². The van der Waals surface area contributed by atoms with Gasteiger partial charge in [-0.15, -0.1) is 0 Å². The zero-order valence-corrected chi connectivity index (χ0v) is 14.7. The van der Waals surface area contributed by atoms with E-state index >= 15 is 0 Å². The first-order valence-corrected chi connectivity index (χ1v) is 8.94. The van der Waals surface area contributed by atoms with E-state index in [-0.39, 0.29) is 6.61 Å². The first-order valence-electron chi connectivity index (χ1n) is 8.94. The van der Waals surface area contributed by atoms with Crippen LogP contribution in [0.1, 0.15) is 53.6 Å². The van der Waals surface area contributed by atoms with Crippen molar-refractivity contribution >= 4 is 5.97 Å². The minimum atomic E-state index is -0.775. The summed E-state index contributed by atoms with van der Waals surface area (Å²) in [6, 6.07) is 10.4. The molecular weight excluding hydrogens is 335 g/mol.